The predicted molar refractivity (Wildman–Crippen MR) is 93.2 cm³/mol. The summed E-state index contributed by atoms with van der Waals surface area (Å²) in [6.07, 6.45) is 1.33. The van der Waals surface area contributed by atoms with E-state index in [0.29, 0.717) is 0 Å². The van der Waals surface area contributed by atoms with Crippen LogP contribution in [0.15, 0.2) is 60.3 Å². The van der Waals surface area contributed by atoms with Crippen LogP contribution in [0.5, 0.6) is 5.75 Å². The maximum Gasteiger partial charge on any atom is 0.267 e. The SMILES string of the molecule is N#C/C(=C/Nc1ccc(I)cc1)C(=O)Nc1ccccc1O. The molecular weight excluding hydrogens is 393 g/mol. The second-order valence-electron chi connectivity index (χ2n) is 4.29. The van der Waals surface area contributed by atoms with Gasteiger partial charge in [0.1, 0.15) is 17.4 Å². The molecule has 6 heteroatoms. The fourth-order valence-electron chi connectivity index (χ4n) is 1.62. The predicted octanol–water partition coefficient (Wildman–Crippen LogP) is 3.45. The van der Waals surface area contributed by atoms with E-state index in [9.17, 15) is 9.90 Å². The molecule has 3 N–H and O–H groups in total. The summed E-state index contributed by atoms with van der Waals surface area (Å²) >= 11 is 2.19. The van der Waals surface area contributed by atoms with Crippen molar-refractivity contribution in [1.82, 2.24) is 0 Å². The van der Waals surface area contributed by atoms with Gasteiger partial charge < -0.3 is 15.7 Å². The van der Waals surface area contributed by atoms with Gasteiger partial charge in [0.25, 0.3) is 5.91 Å². The van der Waals surface area contributed by atoms with Gasteiger partial charge in [0.15, 0.2) is 0 Å². The molecule has 0 saturated heterocycles. The first kappa shape index (κ1) is 15.9. The number of nitrogens with zero attached hydrogens (tertiary/aromatic N) is 1. The zero-order valence-corrected chi connectivity index (χ0v) is 13.5. The second-order valence-corrected chi connectivity index (χ2v) is 5.54. The van der Waals surface area contributed by atoms with Crippen molar-refractivity contribution in [2.45, 2.75) is 0 Å². The molecule has 0 aliphatic heterocycles. The van der Waals surface area contributed by atoms with Gasteiger partial charge in [-0.1, -0.05) is 12.1 Å². The molecule has 0 heterocycles. The average molecular weight is 405 g/mol. The van der Waals surface area contributed by atoms with Crippen molar-refractivity contribution in [3.8, 4) is 11.8 Å². The Kier molecular flexibility index (Phi) is 5.38. The minimum absolute atomic E-state index is 0.0567. The number of halogens is 1. The third-order valence-corrected chi connectivity index (χ3v) is 3.46. The molecule has 22 heavy (non-hydrogen) atoms. The number of para-hydroxylation sites is 2. The maximum atomic E-state index is 12.0. The van der Waals surface area contributed by atoms with Crippen molar-refractivity contribution in [2.24, 2.45) is 0 Å². The second kappa shape index (κ2) is 7.47. The summed E-state index contributed by atoms with van der Waals surface area (Å²) in [4.78, 5) is 12.0. The van der Waals surface area contributed by atoms with Gasteiger partial charge in [0, 0.05) is 15.5 Å². The van der Waals surface area contributed by atoms with Crippen LogP contribution >= 0.6 is 22.6 Å². The van der Waals surface area contributed by atoms with E-state index in [0.717, 1.165) is 9.26 Å². The fraction of sp³-hybridized carbons (Fsp3) is 0. The Balaban J connectivity index is 2.09. The smallest absolute Gasteiger partial charge is 0.267 e. The Morgan fingerprint density at radius 3 is 2.50 bits per heavy atom. The van der Waals surface area contributed by atoms with E-state index in [1.165, 1.54) is 12.3 Å². The maximum absolute atomic E-state index is 12.0. The van der Waals surface area contributed by atoms with E-state index in [2.05, 4.69) is 33.2 Å². The standard InChI is InChI=1S/C16H12IN3O2/c17-12-5-7-13(8-6-12)19-10-11(9-18)16(22)20-14-3-1-2-4-15(14)21/h1-8,10,19,21H,(H,20,22)/b11-10-. The number of phenols is 1. The largest absolute Gasteiger partial charge is 0.506 e. The first-order valence-electron chi connectivity index (χ1n) is 6.32. The molecule has 0 aliphatic rings. The lowest BCUT2D eigenvalue weighted by atomic mass is 10.2. The summed E-state index contributed by atoms with van der Waals surface area (Å²) in [7, 11) is 0. The number of nitriles is 1. The number of nitrogens with one attached hydrogen (secondary N) is 2. The van der Waals surface area contributed by atoms with Crippen LogP contribution in [0.3, 0.4) is 0 Å². The molecule has 5 nitrogen and oxygen atoms in total. The molecule has 0 spiro atoms. The molecule has 0 fully saturated rings. The van der Waals surface area contributed by atoms with Crippen molar-refractivity contribution >= 4 is 39.9 Å². The van der Waals surface area contributed by atoms with E-state index in [1.54, 1.807) is 18.2 Å². The minimum atomic E-state index is -0.595. The molecule has 0 aromatic heterocycles. The molecule has 0 unspecified atom stereocenters. The molecule has 0 saturated carbocycles. The first-order valence-corrected chi connectivity index (χ1v) is 7.40. The average Bonchev–Trinajstić information content (AvgIpc) is 2.52. The monoisotopic (exact) mass is 405 g/mol. The van der Waals surface area contributed by atoms with Gasteiger partial charge in [0.2, 0.25) is 0 Å². The van der Waals surface area contributed by atoms with Crippen LogP contribution in [-0.2, 0) is 4.79 Å². The van der Waals surface area contributed by atoms with Crippen LogP contribution in [0.2, 0.25) is 0 Å². The van der Waals surface area contributed by atoms with Crippen LogP contribution < -0.4 is 10.6 Å². The van der Waals surface area contributed by atoms with E-state index in [1.807, 2.05) is 30.3 Å². The third-order valence-electron chi connectivity index (χ3n) is 2.74. The number of anilines is 2. The molecule has 2 rings (SSSR count). The Hall–Kier alpha value is -2.53. The van der Waals surface area contributed by atoms with E-state index < -0.39 is 5.91 Å². The molecule has 0 aliphatic carbocycles. The van der Waals surface area contributed by atoms with E-state index in [-0.39, 0.29) is 17.0 Å². The third kappa shape index (κ3) is 4.23. The number of hydrogen-bond acceptors (Lipinski definition) is 4. The van der Waals surface area contributed by atoms with Crippen LogP contribution in [-0.4, -0.2) is 11.0 Å². The molecular formula is C16H12IN3O2. The van der Waals surface area contributed by atoms with Crippen LogP contribution in [0.25, 0.3) is 0 Å². The number of hydrogen-bond donors (Lipinski definition) is 3. The highest BCUT2D eigenvalue weighted by Crippen LogP contribution is 2.22. The molecule has 2 aromatic carbocycles. The molecule has 0 bridgehead atoms. The van der Waals surface area contributed by atoms with Crippen molar-refractivity contribution in [2.75, 3.05) is 10.6 Å². The Bertz CT molecular complexity index is 749. The number of amides is 1. The lowest BCUT2D eigenvalue weighted by Crippen LogP contribution is -2.14. The van der Waals surface area contributed by atoms with Crippen molar-refractivity contribution in [3.63, 3.8) is 0 Å². The topological polar surface area (TPSA) is 85.2 Å². The number of aromatic hydroxyl groups is 1. The van der Waals surface area contributed by atoms with Crippen LogP contribution in [0.4, 0.5) is 11.4 Å². The minimum Gasteiger partial charge on any atom is -0.506 e. The van der Waals surface area contributed by atoms with Gasteiger partial charge in [-0.25, -0.2) is 0 Å². The van der Waals surface area contributed by atoms with E-state index >= 15 is 0 Å². The van der Waals surface area contributed by atoms with Crippen molar-refractivity contribution in [1.29, 1.82) is 5.26 Å². The molecule has 2 aromatic rings. The number of carbonyl (C=O) groups is 1. The molecule has 110 valence electrons. The van der Waals surface area contributed by atoms with Gasteiger partial charge in [-0.2, -0.15) is 5.26 Å². The normalized spacial score (nSPS) is 10.6. The Morgan fingerprint density at radius 2 is 1.86 bits per heavy atom. The van der Waals surface area contributed by atoms with Gasteiger partial charge in [-0.15, -0.1) is 0 Å². The van der Waals surface area contributed by atoms with Gasteiger partial charge in [0.05, 0.1) is 5.69 Å². The zero-order chi connectivity index (χ0) is 15.9. The molecule has 1 amide bonds. The summed E-state index contributed by atoms with van der Waals surface area (Å²) < 4.78 is 1.09. The number of rotatable bonds is 4. The number of phenolic OH excluding ortho intramolecular Hbond substituents is 1. The lowest BCUT2D eigenvalue weighted by molar-refractivity contribution is -0.112. The Labute approximate surface area is 141 Å². The summed E-state index contributed by atoms with van der Waals surface area (Å²) in [5, 5.41) is 24.1. The van der Waals surface area contributed by atoms with Gasteiger partial charge >= 0.3 is 0 Å². The zero-order valence-electron chi connectivity index (χ0n) is 11.4. The molecule has 0 atom stereocenters. The molecule has 0 radical (unpaired) electrons. The quantitative estimate of drug-likeness (QED) is 0.315. The highest BCUT2D eigenvalue weighted by atomic mass is 127. The van der Waals surface area contributed by atoms with Gasteiger partial charge in [-0.3, -0.25) is 4.79 Å². The van der Waals surface area contributed by atoms with Crippen LogP contribution in [0, 0.1) is 14.9 Å². The highest BCUT2D eigenvalue weighted by Gasteiger charge is 2.11. The highest BCUT2D eigenvalue weighted by molar-refractivity contribution is 14.1. The van der Waals surface area contributed by atoms with Crippen molar-refractivity contribution in [3.05, 3.63) is 63.9 Å². The first-order chi connectivity index (χ1) is 10.6. The van der Waals surface area contributed by atoms with Crippen molar-refractivity contribution < 1.29 is 9.90 Å². The van der Waals surface area contributed by atoms with Gasteiger partial charge in [-0.05, 0) is 59.0 Å². The Morgan fingerprint density at radius 1 is 1.18 bits per heavy atom. The van der Waals surface area contributed by atoms with Crippen LogP contribution in [0.1, 0.15) is 0 Å². The van der Waals surface area contributed by atoms with E-state index in [4.69, 9.17) is 5.26 Å². The summed E-state index contributed by atoms with van der Waals surface area (Å²) in [5.41, 5.74) is 0.924. The summed E-state index contributed by atoms with van der Waals surface area (Å²) in [6.45, 7) is 0. The lowest BCUT2D eigenvalue weighted by Gasteiger charge is -2.06. The summed E-state index contributed by atoms with van der Waals surface area (Å²) in [5.74, 6) is -0.652. The fourth-order valence-corrected chi connectivity index (χ4v) is 1.98. The number of carbonyl (C=O) groups excluding carboxylic acids is 1. The number of benzene rings is 2. The summed E-state index contributed by atoms with van der Waals surface area (Å²) in [6, 6.07) is 15.6.